The summed E-state index contributed by atoms with van der Waals surface area (Å²) in [5.74, 6) is 2.20. The largest absolute Gasteiger partial charge is 0.349 e. The maximum absolute atomic E-state index is 13.0. The maximum Gasteiger partial charge on any atom is 0.226 e. The molecule has 21 heavy (non-hydrogen) atoms. The van der Waals surface area contributed by atoms with Crippen LogP contribution in [-0.2, 0) is 4.79 Å². The van der Waals surface area contributed by atoms with Crippen LogP contribution in [0.25, 0.3) is 0 Å². The Kier molecular flexibility index (Phi) is 5.62. The molecule has 1 amide bonds. The molecule has 1 N–H and O–H groups in total. The molecule has 3 heteroatoms. The molecule has 2 nitrogen and oxygen atoms in total. The van der Waals surface area contributed by atoms with Gasteiger partial charge in [-0.05, 0) is 56.8 Å². The van der Waals surface area contributed by atoms with Gasteiger partial charge in [-0.3, -0.25) is 4.79 Å². The van der Waals surface area contributed by atoms with Crippen molar-refractivity contribution in [2.75, 3.05) is 5.88 Å². The number of nitrogens with one attached hydrogen (secondary N) is 1. The van der Waals surface area contributed by atoms with Crippen molar-refractivity contribution >= 4 is 17.5 Å². The molecule has 0 aliphatic heterocycles. The van der Waals surface area contributed by atoms with Crippen LogP contribution >= 0.6 is 11.6 Å². The Morgan fingerprint density at radius 2 is 1.76 bits per heavy atom. The van der Waals surface area contributed by atoms with Gasteiger partial charge in [-0.1, -0.05) is 33.6 Å². The fourth-order valence-corrected chi connectivity index (χ4v) is 4.67. The van der Waals surface area contributed by atoms with Crippen molar-refractivity contribution in [1.29, 1.82) is 0 Å². The maximum atomic E-state index is 13.0. The highest BCUT2D eigenvalue weighted by atomic mass is 35.5. The summed E-state index contributed by atoms with van der Waals surface area (Å²) in [5.41, 5.74) is -0.256. The lowest BCUT2D eigenvalue weighted by Gasteiger charge is -2.42. The van der Waals surface area contributed by atoms with Gasteiger partial charge in [0.2, 0.25) is 5.91 Å². The third-order valence-corrected chi connectivity index (χ3v) is 6.22. The standard InChI is InChI=1S/C18H32ClNO/c1-14(2)12-17(8-4-5-9-17)16(21)20-18(13-19)10-6-15(3)7-11-18/h14-15H,4-13H2,1-3H3,(H,20,21). The molecular formula is C18H32ClNO. The Morgan fingerprint density at radius 1 is 1.19 bits per heavy atom. The van der Waals surface area contributed by atoms with Crippen molar-refractivity contribution in [3.8, 4) is 0 Å². The van der Waals surface area contributed by atoms with Gasteiger partial charge < -0.3 is 5.32 Å². The number of rotatable bonds is 5. The fraction of sp³-hybridized carbons (Fsp3) is 0.944. The highest BCUT2D eigenvalue weighted by Gasteiger charge is 2.45. The van der Waals surface area contributed by atoms with Gasteiger partial charge in [-0.15, -0.1) is 11.6 Å². The summed E-state index contributed by atoms with van der Waals surface area (Å²) >= 11 is 6.27. The van der Waals surface area contributed by atoms with E-state index >= 15 is 0 Å². The molecule has 0 aromatic carbocycles. The highest BCUT2D eigenvalue weighted by Crippen LogP contribution is 2.44. The quantitative estimate of drug-likeness (QED) is 0.719. The van der Waals surface area contributed by atoms with Crippen LogP contribution in [0.2, 0.25) is 0 Å². The molecule has 2 rings (SSSR count). The number of carbonyl (C=O) groups is 1. The van der Waals surface area contributed by atoms with Crippen molar-refractivity contribution < 1.29 is 4.79 Å². The second-order valence-corrected chi connectivity index (χ2v) is 8.40. The van der Waals surface area contributed by atoms with E-state index in [2.05, 4.69) is 26.1 Å². The zero-order valence-corrected chi connectivity index (χ0v) is 14.8. The Balaban J connectivity index is 2.07. The van der Waals surface area contributed by atoms with E-state index < -0.39 is 0 Å². The molecular weight excluding hydrogens is 282 g/mol. The normalized spacial score (nSPS) is 32.3. The van der Waals surface area contributed by atoms with Crippen LogP contribution in [0.3, 0.4) is 0 Å². The molecule has 0 heterocycles. The summed E-state index contributed by atoms with van der Waals surface area (Å²) in [6, 6.07) is 0. The smallest absolute Gasteiger partial charge is 0.226 e. The highest BCUT2D eigenvalue weighted by molar-refractivity contribution is 6.18. The minimum Gasteiger partial charge on any atom is -0.349 e. The van der Waals surface area contributed by atoms with Crippen molar-refractivity contribution in [3.63, 3.8) is 0 Å². The topological polar surface area (TPSA) is 29.1 Å². The summed E-state index contributed by atoms with van der Waals surface area (Å²) in [7, 11) is 0. The fourth-order valence-electron chi connectivity index (χ4n) is 4.34. The van der Waals surface area contributed by atoms with Crippen molar-refractivity contribution in [3.05, 3.63) is 0 Å². The van der Waals surface area contributed by atoms with Gasteiger partial charge in [0.15, 0.2) is 0 Å². The monoisotopic (exact) mass is 313 g/mol. The predicted molar refractivity (Wildman–Crippen MR) is 89.6 cm³/mol. The summed E-state index contributed by atoms with van der Waals surface area (Å²) in [5, 5.41) is 3.42. The molecule has 2 fully saturated rings. The van der Waals surface area contributed by atoms with Gasteiger partial charge in [-0.2, -0.15) is 0 Å². The lowest BCUT2D eigenvalue weighted by atomic mass is 9.74. The van der Waals surface area contributed by atoms with Gasteiger partial charge >= 0.3 is 0 Å². The van der Waals surface area contributed by atoms with Gasteiger partial charge in [0.25, 0.3) is 0 Å². The number of hydrogen-bond donors (Lipinski definition) is 1. The first-order valence-corrected chi connectivity index (χ1v) is 9.33. The Morgan fingerprint density at radius 3 is 2.24 bits per heavy atom. The van der Waals surface area contributed by atoms with Crippen LogP contribution in [0.4, 0.5) is 0 Å². The number of amides is 1. The van der Waals surface area contributed by atoms with Crippen LogP contribution in [0.1, 0.15) is 78.6 Å². The lowest BCUT2D eigenvalue weighted by molar-refractivity contribution is -0.134. The molecule has 0 saturated heterocycles. The molecule has 122 valence electrons. The minimum atomic E-state index is -0.141. The average molecular weight is 314 g/mol. The van der Waals surface area contributed by atoms with E-state index in [-0.39, 0.29) is 11.0 Å². The predicted octanol–water partition coefficient (Wildman–Crippen LogP) is 4.90. The first kappa shape index (κ1) is 17.1. The SMILES string of the molecule is CC(C)CC1(C(=O)NC2(CCl)CCC(C)CC2)CCCC1. The molecule has 2 saturated carbocycles. The van der Waals surface area contributed by atoms with Crippen LogP contribution in [0.5, 0.6) is 0 Å². The van der Waals surface area contributed by atoms with E-state index in [1.54, 1.807) is 0 Å². The average Bonchev–Trinajstić information content (AvgIpc) is 2.90. The molecule has 0 spiro atoms. The van der Waals surface area contributed by atoms with Crippen molar-refractivity contribution in [2.24, 2.45) is 17.3 Å². The van der Waals surface area contributed by atoms with Gasteiger partial charge in [-0.25, -0.2) is 0 Å². The Hall–Kier alpha value is -0.240. The van der Waals surface area contributed by atoms with Crippen molar-refractivity contribution in [1.82, 2.24) is 5.32 Å². The third-order valence-electron chi connectivity index (χ3n) is 5.71. The Bertz CT molecular complexity index is 352. The Labute approximate surface area is 135 Å². The van der Waals surface area contributed by atoms with Crippen LogP contribution in [-0.4, -0.2) is 17.3 Å². The number of alkyl halides is 1. The minimum absolute atomic E-state index is 0.115. The van der Waals surface area contributed by atoms with E-state index in [0.29, 0.717) is 17.7 Å². The van der Waals surface area contributed by atoms with E-state index in [0.717, 1.165) is 38.0 Å². The van der Waals surface area contributed by atoms with E-state index in [1.807, 2.05) is 0 Å². The second-order valence-electron chi connectivity index (χ2n) is 8.14. The van der Waals surface area contributed by atoms with Gasteiger partial charge in [0.05, 0.1) is 5.54 Å². The molecule has 0 atom stereocenters. The van der Waals surface area contributed by atoms with Gasteiger partial charge in [0, 0.05) is 11.3 Å². The molecule has 0 bridgehead atoms. The first-order chi connectivity index (χ1) is 9.91. The van der Waals surface area contributed by atoms with Crippen LogP contribution in [0, 0.1) is 17.3 Å². The summed E-state index contributed by atoms with van der Waals surface area (Å²) < 4.78 is 0. The second kappa shape index (κ2) is 6.89. The first-order valence-electron chi connectivity index (χ1n) is 8.80. The van der Waals surface area contributed by atoms with Gasteiger partial charge in [0.1, 0.15) is 0 Å². The number of hydrogen-bond acceptors (Lipinski definition) is 1. The number of halogens is 1. The molecule has 2 aliphatic rings. The van der Waals surface area contributed by atoms with Crippen molar-refractivity contribution in [2.45, 2.75) is 84.1 Å². The zero-order chi connectivity index (χ0) is 15.5. The molecule has 0 unspecified atom stereocenters. The number of carbonyl (C=O) groups excluding carboxylic acids is 1. The summed E-state index contributed by atoms with van der Waals surface area (Å²) in [4.78, 5) is 13.0. The summed E-state index contributed by atoms with van der Waals surface area (Å²) in [6.07, 6.45) is 10.00. The molecule has 0 aromatic heterocycles. The third kappa shape index (κ3) is 3.94. The molecule has 0 radical (unpaired) electrons. The van der Waals surface area contributed by atoms with E-state index in [9.17, 15) is 4.79 Å². The molecule has 2 aliphatic carbocycles. The molecule has 0 aromatic rings. The van der Waals surface area contributed by atoms with Crippen LogP contribution in [0.15, 0.2) is 0 Å². The van der Waals surface area contributed by atoms with E-state index in [4.69, 9.17) is 11.6 Å². The lowest BCUT2D eigenvalue weighted by Crippen LogP contribution is -2.56. The van der Waals surface area contributed by atoms with Crippen LogP contribution < -0.4 is 5.32 Å². The zero-order valence-electron chi connectivity index (χ0n) is 14.0. The van der Waals surface area contributed by atoms with E-state index in [1.165, 1.54) is 25.7 Å². The summed E-state index contributed by atoms with van der Waals surface area (Å²) in [6.45, 7) is 6.76.